The van der Waals surface area contributed by atoms with Crippen LogP contribution in [0.4, 0.5) is 10.5 Å². The highest BCUT2D eigenvalue weighted by atomic mass is 35.5. The summed E-state index contributed by atoms with van der Waals surface area (Å²) >= 11 is 16.5. The first-order chi connectivity index (χ1) is 8.01. The van der Waals surface area contributed by atoms with Gasteiger partial charge >= 0.3 is 6.09 Å². The van der Waals surface area contributed by atoms with Crippen molar-refractivity contribution in [2.75, 3.05) is 11.9 Å². The number of nitrogens with one attached hydrogen (secondary N) is 2. The van der Waals surface area contributed by atoms with Crippen LogP contribution in [-0.2, 0) is 4.74 Å². The van der Waals surface area contributed by atoms with Crippen LogP contribution in [0.15, 0.2) is 18.2 Å². The van der Waals surface area contributed by atoms with Gasteiger partial charge in [0.15, 0.2) is 5.11 Å². The number of carbonyl (C=O) groups excluding carboxylic acids is 1. The molecule has 1 amide bonds. The van der Waals surface area contributed by atoms with Gasteiger partial charge in [-0.25, -0.2) is 4.79 Å². The number of amides is 1. The summed E-state index contributed by atoms with van der Waals surface area (Å²) < 4.78 is 4.67. The van der Waals surface area contributed by atoms with E-state index in [1.165, 1.54) is 0 Å². The van der Waals surface area contributed by atoms with E-state index in [2.05, 4.69) is 15.4 Å². The number of hydrogen-bond donors (Lipinski definition) is 2. The summed E-state index contributed by atoms with van der Waals surface area (Å²) in [5, 5.41) is 6.16. The summed E-state index contributed by atoms with van der Waals surface area (Å²) in [6.07, 6.45) is -0.613. The fourth-order valence-electron chi connectivity index (χ4n) is 1.05. The summed E-state index contributed by atoms with van der Waals surface area (Å²) in [7, 11) is 0. The third-order valence-electron chi connectivity index (χ3n) is 1.61. The minimum Gasteiger partial charge on any atom is -0.450 e. The first-order valence-electron chi connectivity index (χ1n) is 4.72. The molecule has 0 heterocycles. The van der Waals surface area contributed by atoms with Crippen molar-refractivity contribution in [3.05, 3.63) is 28.2 Å². The van der Waals surface area contributed by atoms with E-state index in [-0.39, 0.29) is 11.7 Å². The van der Waals surface area contributed by atoms with Gasteiger partial charge in [0.05, 0.1) is 6.61 Å². The number of benzene rings is 1. The highest BCUT2D eigenvalue weighted by Crippen LogP contribution is 2.22. The molecule has 0 unspecified atom stereocenters. The molecule has 7 heteroatoms. The number of thiocarbonyl (C=S) groups is 1. The van der Waals surface area contributed by atoms with Gasteiger partial charge in [-0.05, 0) is 37.3 Å². The van der Waals surface area contributed by atoms with Gasteiger partial charge in [0.1, 0.15) is 0 Å². The number of anilines is 1. The Morgan fingerprint density at radius 1 is 1.35 bits per heavy atom. The molecular weight excluding hydrogens is 283 g/mol. The van der Waals surface area contributed by atoms with Crippen molar-refractivity contribution in [2.45, 2.75) is 6.92 Å². The Bertz CT molecular complexity index is 420. The largest absolute Gasteiger partial charge is 0.450 e. The van der Waals surface area contributed by atoms with Crippen molar-refractivity contribution < 1.29 is 9.53 Å². The molecule has 4 nitrogen and oxygen atoms in total. The van der Waals surface area contributed by atoms with Crippen LogP contribution in [0.2, 0.25) is 10.0 Å². The standard InChI is InChI=1S/C10H10Cl2N2O2S/c1-2-16-10(15)14-9(17)13-8-4-6(11)3-7(12)5-8/h3-5H,2H2,1H3,(H2,13,14,15,17). The van der Waals surface area contributed by atoms with E-state index in [0.29, 0.717) is 15.7 Å². The average Bonchev–Trinajstić information content (AvgIpc) is 2.14. The van der Waals surface area contributed by atoms with Gasteiger partial charge in [-0.15, -0.1) is 0 Å². The molecule has 0 fully saturated rings. The summed E-state index contributed by atoms with van der Waals surface area (Å²) in [6, 6.07) is 4.86. The van der Waals surface area contributed by atoms with E-state index in [0.717, 1.165) is 0 Å². The third-order valence-corrected chi connectivity index (χ3v) is 2.25. The van der Waals surface area contributed by atoms with E-state index < -0.39 is 6.09 Å². The van der Waals surface area contributed by atoms with Crippen LogP contribution < -0.4 is 10.6 Å². The molecule has 2 N–H and O–H groups in total. The maximum atomic E-state index is 11.1. The number of rotatable bonds is 2. The molecule has 0 aliphatic heterocycles. The Balaban J connectivity index is 2.59. The summed E-state index contributed by atoms with van der Waals surface area (Å²) in [6.45, 7) is 1.98. The average molecular weight is 293 g/mol. The summed E-state index contributed by atoms with van der Waals surface area (Å²) in [5.41, 5.74) is 0.587. The lowest BCUT2D eigenvalue weighted by atomic mass is 10.3. The number of halogens is 2. The molecule has 0 aliphatic carbocycles. The third kappa shape index (κ3) is 5.21. The lowest BCUT2D eigenvalue weighted by Crippen LogP contribution is -2.34. The van der Waals surface area contributed by atoms with Crippen LogP contribution in [0, 0.1) is 0 Å². The van der Waals surface area contributed by atoms with Crippen LogP contribution in [0.25, 0.3) is 0 Å². The van der Waals surface area contributed by atoms with Crippen molar-refractivity contribution in [2.24, 2.45) is 0 Å². The Kier molecular flexibility index (Phi) is 5.47. The lowest BCUT2D eigenvalue weighted by molar-refractivity contribution is 0.158. The zero-order chi connectivity index (χ0) is 12.8. The monoisotopic (exact) mass is 292 g/mol. The van der Waals surface area contributed by atoms with Crippen molar-refractivity contribution in [3.63, 3.8) is 0 Å². The van der Waals surface area contributed by atoms with E-state index in [1.807, 2.05) is 0 Å². The van der Waals surface area contributed by atoms with E-state index in [9.17, 15) is 4.79 Å². The SMILES string of the molecule is CCOC(=O)NC(=S)Nc1cc(Cl)cc(Cl)c1. The quantitative estimate of drug-likeness (QED) is 0.820. The van der Waals surface area contributed by atoms with Gasteiger partial charge in [0.2, 0.25) is 0 Å². The Labute approximate surface area is 114 Å². The number of hydrogen-bond acceptors (Lipinski definition) is 3. The molecule has 0 aromatic heterocycles. The van der Waals surface area contributed by atoms with Crippen molar-refractivity contribution in [1.29, 1.82) is 0 Å². The van der Waals surface area contributed by atoms with Crippen LogP contribution in [0.3, 0.4) is 0 Å². The highest BCUT2D eigenvalue weighted by molar-refractivity contribution is 7.80. The Hall–Kier alpha value is -1.04. The second kappa shape index (κ2) is 6.64. The van der Waals surface area contributed by atoms with Crippen LogP contribution in [-0.4, -0.2) is 17.8 Å². The molecule has 17 heavy (non-hydrogen) atoms. The number of ether oxygens (including phenoxy) is 1. The van der Waals surface area contributed by atoms with E-state index >= 15 is 0 Å². The zero-order valence-corrected chi connectivity index (χ0v) is 11.2. The first-order valence-corrected chi connectivity index (χ1v) is 5.88. The maximum Gasteiger partial charge on any atom is 0.413 e. The fraction of sp³-hybridized carbons (Fsp3) is 0.200. The van der Waals surface area contributed by atoms with Gasteiger partial charge < -0.3 is 10.1 Å². The topological polar surface area (TPSA) is 50.4 Å². The molecule has 0 spiro atoms. The molecule has 0 atom stereocenters. The smallest absolute Gasteiger partial charge is 0.413 e. The summed E-state index contributed by atoms with van der Waals surface area (Å²) in [4.78, 5) is 11.1. The van der Waals surface area contributed by atoms with Crippen LogP contribution >= 0.6 is 35.4 Å². The summed E-state index contributed by atoms with van der Waals surface area (Å²) in [5.74, 6) is 0. The van der Waals surface area contributed by atoms with Gasteiger partial charge in [-0.3, -0.25) is 5.32 Å². The zero-order valence-electron chi connectivity index (χ0n) is 8.92. The van der Waals surface area contributed by atoms with Crippen LogP contribution in [0.1, 0.15) is 6.92 Å². The molecule has 0 saturated carbocycles. The number of carbonyl (C=O) groups is 1. The molecule has 0 bridgehead atoms. The van der Waals surface area contributed by atoms with Crippen molar-refractivity contribution >= 4 is 52.3 Å². The van der Waals surface area contributed by atoms with Crippen molar-refractivity contribution in [1.82, 2.24) is 5.32 Å². The predicted molar refractivity (Wildman–Crippen MR) is 72.8 cm³/mol. The molecule has 1 aromatic carbocycles. The molecule has 0 saturated heterocycles. The predicted octanol–water partition coefficient (Wildman–Crippen LogP) is 3.44. The highest BCUT2D eigenvalue weighted by Gasteiger charge is 2.05. The van der Waals surface area contributed by atoms with Gasteiger partial charge in [-0.1, -0.05) is 23.2 Å². The second-order valence-corrected chi connectivity index (χ2v) is 4.24. The van der Waals surface area contributed by atoms with E-state index in [1.54, 1.807) is 25.1 Å². The van der Waals surface area contributed by atoms with Gasteiger partial charge in [0, 0.05) is 15.7 Å². The molecule has 1 rings (SSSR count). The first kappa shape index (κ1) is 14.0. The molecule has 1 aromatic rings. The van der Waals surface area contributed by atoms with E-state index in [4.69, 9.17) is 35.4 Å². The Morgan fingerprint density at radius 2 is 1.94 bits per heavy atom. The molecule has 92 valence electrons. The lowest BCUT2D eigenvalue weighted by Gasteiger charge is -2.09. The molecule has 0 aliphatic rings. The maximum absolute atomic E-state index is 11.1. The number of alkyl carbamates (subject to hydrolysis) is 1. The normalized spacial score (nSPS) is 9.59. The molecular formula is C10H10Cl2N2O2S. The molecule has 0 radical (unpaired) electrons. The minimum atomic E-state index is -0.613. The fourth-order valence-corrected chi connectivity index (χ4v) is 1.78. The van der Waals surface area contributed by atoms with Gasteiger partial charge in [0.25, 0.3) is 0 Å². The second-order valence-electron chi connectivity index (χ2n) is 2.96. The minimum absolute atomic E-state index is 0.113. The Morgan fingerprint density at radius 3 is 2.47 bits per heavy atom. The van der Waals surface area contributed by atoms with Crippen molar-refractivity contribution in [3.8, 4) is 0 Å². The van der Waals surface area contributed by atoms with Gasteiger partial charge in [-0.2, -0.15) is 0 Å². The van der Waals surface area contributed by atoms with Crippen LogP contribution in [0.5, 0.6) is 0 Å².